The molecular formula is C12H19NO. The molecule has 0 aromatic carbocycles. The first-order valence-electron chi connectivity index (χ1n) is 5.68. The topological polar surface area (TPSA) is 25.2 Å². The van der Waals surface area contributed by atoms with Gasteiger partial charge in [-0.3, -0.25) is 0 Å². The second kappa shape index (κ2) is 4.18. The maximum atomic E-state index is 9.91. The SMILES string of the molecule is CCCn1cc2c(c1)C(O)CCCC2. The van der Waals surface area contributed by atoms with Gasteiger partial charge in [0.15, 0.2) is 0 Å². The van der Waals surface area contributed by atoms with E-state index in [4.69, 9.17) is 0 Å². The Morgan fingerprint density at radius 1 is 1.43 bits per heavy atom. The Kier molecular flexibility index (Phi) is 2.92. The van der Waals surface area contributed by atoms with Crippen LogP contribution in [0.4, 0.5) is 0 Å². The van der Waals surface area contributed by atoms with E-state index in [9.17, 15) is 5.11 Å². The third kappa shape index (κ3) is 1.85. The smallest absolute Gasteiger partial charge is 0.0807 e. The Labute approximate surface area is 85.6 Å². The highest BCUT2D eigenvalue weighted by Gasteiger charge is 2.17. The Morgan fingerprint density at radius 2 is 2.29 bits per heavy atom. The van der Waals surface area contributed by atoms with Crippen LogP contribution in [-0.2, 0) is 13.0 Å². The van der Waals surface area contributed by atoms with Crippen molar-refractivity contribution in [3.8, 4) is 0 Å². The molecule has 0 amide bonds. The monoisotopic (exact) mass is 193 g/mol. The van der Waals surface area contributed by atoms with Crippen molar-refractivity contribution in [1.82, 2.24) is 4.57 Å². The van der Waals surface area contributed by atoms with Crippen molar-refractivity contribution in [3.05, 3.63) is 23.5 Å². The zero-order valence-corrected chi connectivity index (χ0v) is 8.87. The standard InChI is InChI=1S/C12H19NO/c1-2-7-13-8-10-5-3-4-6-12(14)11(10)9-13/h8-9,12,14H,2-7H2,1H3. The molecule has 2 heteroatoms. The van der Waals surface area contributed by atoms with E-state index in [1.807, 2.05) is 0 Å². The molecule has 2 rings (SSSR count). The summed E-state index contributed by atoms with van der Waals surface area (Å²) in [6, 6.07) is 0. The van der Waals surface area contributed by atoms with Crippen molar-refractivity contribution >= 4 is 0 Å². The van der Waals surface area contributed by atoms with Crippen molar-refractivity contribution < 1.29 is 5.11 Å². The molecule has 0 saturated heterocycles. The summed E-state index contributed by atoms with van der Waals surface area (Å²) in [6.45, 7) is 3.25. The molecule has 1 aliphatic rings. The van der Waals surface area contributed by atoms with Gasteiger partial charge in [-0.2, -0.15) is 0 Å². The van der Waals surface area contributed by atoms with Crippen LogP contribution in [0.3, 0.4) is 0 Å². The third-order valence-electron chi connectivity index (χ3n) is 3.01. The lowest BCUT2D eigenvalue weighted by molar-refractivity contribution is 0.166. The lowest BCUT2D eigenvalue weighted by atomic mass is 10.1. The predicted octanol–water partition coefficient (Wildman–Crippen LogP) is 2.66. The first kappa shape index (κ1) is 9.78. The Bertz CT molecular complexity index is 303. The number of fused-ring (bicyclic) bond motifs is 1. The number of nitrogens with zero attached hydrogens (tertiary/aromatic N) is 1. The van der Waals surface area contributed by atoms with E-state index in [0.717, 1.165) is 32.2 Å². The summed E-state index contributed by atoms with van der Waals surface area (Å²) in [7, 11) is 0. The van der Waals surface area contributed by atoms with Gasteiger partial charge in [0.25, 0.3) is 0 Å². The molecule has 0 saturated carbocycles. The van der Waals surface area contributed by atoms with Crippen LogP contribution < -0.4 is 0 Å². The van der Waals surface area contributed by atoms with Gasteiger partial charge in [-0.15, -0.1) is 0 Å². The second-order valence-corrected chi connectivity index (χ2v) is 4.24. The number of rotatable bonds is 2. The molecule has 1 heterocycles. The number of aryl methyl sites for hydroxylation is 2. The summed E-state index contributed by atoms with van der Waals surface area (Å²) in [6.07, 6.45) is 9.74. The minimum atomic E-state index is -0.217. The van der Waals surface area contributed by atoms with Gasteiger partial charge in [-0.1, -0.05) is 13.3 Å². The van der Waals surface area contributed by atoms with Crippen LogP contribution in [0.1, 0.15) is 49.8 Å². The van der Waals surface area contributed by atoms with Crippen LogP contribution in [0.2, 0.25) is 0 Å². The van der Waals surface area contributed by atoms with Crippen LogP contribution in [0.25, 0.3) is 0 Å². The maximum absolute atomic E-state index is 9.91. The molecule has 0 aliphatic heterocycles. The van der Waals surface area contributed by atoms with Gasteiger partial charge < -0.3 is 9.67 Å². The zero-order chi connectivity index (χ0) is 9.97. The van der Waals surface area contributed by atoms with E-state index >= 15 is 0 Å². The summed E-state index contributed by atoms with van der Waals surface area (Å²) >= 11 is 0. The number of aliphatic hydroxyl groups is 1. The normalized spacial score (nSPS) is 21.7. The molecule has 1 aromatic rings. The lowest BCUT2D eigenvalue weighted by Crippen LogP contribution is -1.96. The molecule has 0 spiro atoms. The van der Waals surface area contributed by atoms with Crippen molar-refractivity contribution in [2.75, 3.05) is 0 Å². The highest BCUT2D eigenvalue weighted by atomic mass is 16.3. The van der Waals surface area contributed by atoms with Gasteiger partial charge >= 0.3 is 0 Å². The molecule has 14 heavy (non-hydrogen) atoms. The van der Waals surface area contributed by atoms with E-state index in [-0.39, 0.29) is 6.10 Å². The van der Waals surface area contributed by atoms with Crippen LogP contribution in [-0.4, -0.2) is 9.67 Å². The van der Waals surface area contributed by atoms with Crippen LogP contribution in [0.5, 0.6) is 0 Å². The van der Waals surface area contributed by atoms with Gasteiger partial charge in [-0.05, 0) is 31.2 Å². The zero-order valence-electron chi connectivity index (χ0n) is 8.87. The van der Waals surface area contributed by atoms with Crippen LogP contribution >= 0.6 is 0 Å². The largest absolute Gasteiger partial charge is 0.388 e. The first-order chi connectivity index (χ1) is 6.81. The van der Waals surface area contributed by atoms with Crippen molar-refractivity contribution in [2.45, 2.75) is 51.7 Å². The summed E-state index contributed by atoms with van der Waals surface area (Å²) in [5.74, 6) is 0. The van der Waals surface area contributed by atoms with Gasteiger partial charge in [0, 0.05) is 24.5 Å². The summed E-state index contributed by atoms with van der Waals surface area (Å²) in [5.41, 5.74) is 2.54. The fraction of sp³-hybridized carbons (Fsp3) is 0.667. The van der Waals surface area contributed by atoms with E-state index in [2.05, 4.69) is 23.9 Å². The summed E-state index contributed by atoms with van der Waals surface area (Å²) < 4.78 is 2.22. The molecule has 1 unspecified atom stereocenters. The molecule has 0 fully saturated rings. The fourth-order valence-corrected chi connectivity index (χ4v) is 2.28. The Hall–Kier alpha value is -0.760. The fourth-order valence-electron chi connectivity index (χ4n) is 2.28. The molecular weight excluding hydrogens is 174 g/mol. The molecule has 2 nitrogen and oxygen atoms in total. The number of aromatic nitrogens is 1. The molecule has 1 N–H and O–H groups in total. The number of aliphatic hydroxyl groups excluding tert-OH is 1. The van der Waals surface area contributed by atoms with Gasteiger partial charge in [0.1, 0.15) is 0 Å². The first-order valence-corrected chi connectivity index (χ1v) is 5.68. The van der Waals surface area contributed by atoms with E-state index in [1.165, 1.54) is 17.5 Å². The summed E-state index contributed by atoms with van der Waals surface area (Å²) in [4.78, 5) is 0. The average molecular weight is 193 g/mol. The van der Waals surface area contributed by atoms with Crippen molar-refractivity contribution in [3.63, 3.8) is 0 Å². The average Bonchev–Trinajstić information content (AvgIpc) is 2.49. The van der Waals surface area contributed by atoms with Gasteiger partial charge in [-0.25, -0.2) is 0 Å². The number of hydrogen-bond acceptors (Lipinski definition) is 1. The third-order valence-corrected chi connectivity index (χ3v) is 3.01. The molecule has 0 radical (unpaired) electrons. The van der Waals surface area contributed by atoms with E-state index in [1.54, 1.807) is 0 Å². The second-order valence-electron chi connectivity index (χ2n) is 4.24. The van der Waals surface area contributed by atoms with Crippen molar-refractivity contribution in [1.29, 1.82) is 0 Å². The molecule has 1 atom stereocenters. The Balaban J connectivity index is 2.24. The van der Waals surface area contributed by atoms with Crippen molar-refractivity contribution in [2.24, 2.45) is 0 Å². The predicted molar refractivity (Wildman–Crippen MR) is 57.2 cm³/mol. The van der Waals surface area contributed by atoms with Crippen LogP contribution in [0, 0.1) is 0 Å². The molecule has 78 valence electrons. The van der Waals surface area contributed by atoms with E-state index in [0.29, 0.717) is 0 Å². The molecule has 1 aliphatic carbocycles. The van der Waals surface area contributed by atoms with E-state index < -0.39 is 0 Å². The number of hydrogen-bond donors (Lipinski definition) is 1. The highest BCUT2D eigenvalue weighted by molar-refractivity contribution is 5.27. The molecule has 0 bridgehead atoms. The molecule has 1 aromatic heterocycles. The quantitative estimate of drug-likeness (QED) is 0.718. The minimum absolute atomic E-state index is 0.217. The minimum Gasteiger partial charge on any atom is -0.388 e. The maximum Gasteiger partial charge on any atom is 0.0807 e. The van der Waals surface area contributed by atoms with Crippen LogP contribution in [0.15, 0.2) is 12.4 Å². The van der Waals surface area contributed by atoms with Gasteiger partial charge in [0.05, 0.1) is 6.10 Å². The summed E-state index contributed by atoms with van der Waals surface area (Å²) in [5, 5.41) is 9.91. The lowest BCUT2D eigenvalue weighted by Gasteiger charge is -2.06. The van der Waals surface area contributed by atoms with Gasteiger partial charge in [0.2, 0.25) is 0 Å². The Morgan fingerprint density at radius 3 is 3.07 bits per heavy atom. The highest BCUT2D eigenvalue weighted by Crippen LogP contribution is 2.29.